The molecule has 0 saturated carbocycles. The van der Waals surface area contributed by atoms with E-state index in [1.807, 2.05) is 73.7 Å². The van der Waals surface area contributed by atoms with Gasteiger partial charge < -0.3 is 20.5 Å². The van der Waals surface area contributed by atoms with Crippen molar-refractivity contribution in [3.63, 3.8) is 0 Å². The largest absolute Gasteiger partial charge is 0.481 e. The third kappa shape index (κ3) is 6.34. The highest BCUT2D eigenvalue weighted by molar-refractivity contribution is 5.89. The summed E-state index contributed by atoms with van der Waals surface area (Å²) in [7, 11) is 0. The monoisotopic (exact) mass is 541 g/mol. The van der Waals surface area contributed by atoms with E-state index in [9.17, 15) is 19.5 Å². The summed E-state index contributed by atoms with van der Waals surface area (Å²) in [5.74, 6) is -1.61. The van der Waals surface area contributed by atoms with Crippen LogP contribution in [0.3, 0.4) is 0 Å². The normalized spacial score (nSPS) is 17.9. The maximum absolute atomic E-state index is 13.1. The number of carboxylic acids is 1. The molecule has 1 aliphatic carbocycles. The molecule has 40 heavy (non-hydrogen) atoms. The molecule has 2 aliphatic rings. The molecule has 0 aromatic heterocycles. The third-order valence-electron chi connectivity index (χ3n) is 7.97. The van der Waals surface area contributed by atoms with Crippen molar-refractivity contribution in [2.45, 2.75) is 44.3 Å². The lowest BCUT2D eigenvalue weighted by molar-refractivity contribution is -0.140. The van der Waals surface area contributed by atoms with Crippen LogP contribution in [0, 0.1) is 5.92 Å². The van der Waals surface area contributed by atoms with Gasteiger partial charge in [-0.3, -0.25) is 14.5 Å². The van der Waals surface area contributed by atoms with Crippen molar-refractivity contribution in [1.82, 2.24) is 15.5 Å². The molecule has 0 bridgehead atoms. The Labute approximate surface area is 234 Å². The lowest BCUT2D eigenvalue weighted by Crippen LogP contribution is -2.51. The third-order valence-corrected chi connectivity index (χ3v) is 7.97. The Hall–Kier alpha value is -4.17. The van der Waals surface area contributed by atoms with Gasteiger partial charge in [0.1, 0.15) is 12.6 Å². The van der Waals surface area contributed by atoms with Crippen LogP contribution in [0.25, 0.3) is 11.1 Å². The van der Waals surface area contributed by atoms with Gasteiger partial charge in [-0.25, -0.2) is 4.79 Å². The van der Waals surface area contributed by atoms with E-state index in [1.165, 1.54) is 5.56 Å². The summed E-state index contributed by atoms with van der Waals surface area (Å²) in [5, 5.41) is 14.8. The molecular formula is C32H35N3O5. The molecule has 2 amide bonds. The molecule has 3 aromatic rings. The highest BCUT2D eigenvalue weighted by Crippen LogP contribution is 2.44. The molecule has 8 nitrogen and oxygen atoms in total. The summed E-state index contributed by atoms with van der Waals surface area (Å²) in [5.41, 5.74) is 5.61. The van der Waals surface area contributed by atoms with E-state index in [-0.39, 0.29) is 24.5 Å². The first-order valence-electron chi connectivity index (χ1n) is 13.8. The van der Waals surface area contributed by atoms with Gasteiger partial charge in [0.2, 0.25) is 5.91 Å². The highest BCUT2D eigenvalue weighted by Gasteiger charge is 2.32. The number of aliphatic carboxylic acids is 1. The van der Waals surface area contributed by atoms with Crippen molar-refractivity contribution in [3.05, 3.63) is 95.6 Å². The average Bonchev–Trinajstić information content (AvgIpc) is 3.54. The summed E-state index contributed by atoms with van der Waals surface area (Å²) in [4.78, 5) is 39.7. The molecule has 208 valence electrons. The van der Waals surface area contributed by atoms with Crippen LogP contribution in [0.5, 0.6) is 0 Å². The lowest BCUT2D eigenvalue weighted by Gasteiger charge is -2.24. The standard InChI is InChI=1S/C32H35N3O5/c1-21(23-15-16-35(19-23)18-22-9-3-2-4-10-22)33-31(38)29(17-30(36)37)34-32(39)40-20-28-26-13-7-5-11-24(26)25-12-6-8-14-27(25)28/h2-14,21,23,28-29H,15-20H2,1H3,(H,33,38)(H,34,39)(H,36,37). The minimum atomic E-state index is -1.24. The molecule has 3 unspecified atom stereocenters. The fourth-order valence-corrected chi connectivity index (χ4v) is 5.87. The van der Waals surface area contributed by atoms with Gasteiger partial charge in [-0.1, -0.05) is 78.9 Å². The molecule has 8 heteroatoms. The molecule has 0 spiro atoms. The summed E-state index contributed by atoms with van der Waals surface area (Å²) in [6, 6.07) is 24.9. The number of carbonyl (C=O) groups excluding carboxylic acids is 2. The topological polar surface area (TPSA) is 108 Å². The van der Waals surface area contributed by atoms with E-state index < -0.39 is 30.4 Å². The molecule has 3 N–H and O–H groups in total. The van der Waals surface area contributed by atoms with Gasteiger partial charge in [0.15, 0.2) is 0 Å². The Morgan fingerprint density at radius 1 is 0.925 bits per heavy atom. The highest BCUT2D eigenvalue weighted by atomic mass is 16.5. The molecule has 1 aliphatic heterocycles. The van der Waals surface area contributed by atoms with Crippen LogP contribution in [0.4, 0.5) is 4.79 Å². The minimum Gasteiger partial charge on any atom is -0.481 e. The number of rotatable bonds is 10. The van der Waals surface area contributed by atoms with Crippen LogP contribution < -0.4 is 10.6 Å². The van der Waals surface area contributed by atoms with Gasteiger partial charge in [0.25, 0.3) is 0 Å². The van der Waals surface area contributed by atoms with Crippen LogP contribution in [0.15, 0.2) is 78.9 Å². The van der Waals surface area contributed by atoms with Crippen LogP contribution in [-0.2, 0) is 20.9 Å². The number of ether oxygens (including phenoxy) is 1. The Balaban J connectivity index is 1.16. The number of fused-ring (bicyclic) bond motifs is 3. The van der Waals surface area contributed by atoms with Crippen molar-refractivity contribution in [2.24, 2.45) is 5.92 Å². The Bertz CT molecular complexity index is 1320. The Kier molecular flexibility index (Phi) is 8.45. The van der Waals surface area contributed by atoms with Crippen LogP contribution >= 0.6 is 0 Å². The molecular weight excluding hydrogens is 506 g/mol. The van der Waals surface area contributed by atoms with Crippen molar-refractivity contribution in [3.8, 4) is 11.1 Å². The zero-order chi connectivity index (χ0) is 28.1. The van der Waals surface area contributed by atoms with Crippen LogP contribution in [-0.4, -0.2) is 59.8 Å². The number of alkyl carbamates (subject to hydrolysis) is 1. The summed E-state index contributed by atoms with van der Waals surface area (Å²) >= 11 is 0. The first-order chi connectivity index (χ1) is 19.4. The van der Waals surface area contributed by atoms with Crippen molar-refractivity contribution < 1.29 is 24.2 Å². The first-order valence-corrected chi connectivity index (χ1v) is 13.8. The van der Waals surface area contributed by atoms with Crippen molar-refractivity contribution in [1.29, 1.82) is 0 Å². The summed E-state index contributed by atoms with van der Waals surface area (Å²) in [6.45, 7) is 4.62. The van der Waals surface area contributed by atoms with Gasteiger partial charge in [-0.05, 0) is 53.6 Å². The van der Waals surface area contributed by atoms with Crippen molar-refractivity contribution >= 4 is 18.0 Å². The predicted molar refractivity (Wildman–Crippen MR) is 152 cm³/mol. The van der Waals surface area contributed by atoms with E-state index in [4.69, 9.17) is 4.74 Å². The van der Waals surface area contributed by atoms with Gasteiger partial charge in [-0.15, -0.1) is 0 Å². The summed E-state index contributed by atoms with van der Waals surface area (Å²) in [6.07, 6.45) is -0.420. The maximum Gasteiger partial charge on any atom is 0.407 e. The zero-order valence-electron chi connectivity index (χ0n) is 22.6. The number of benzene rings is 3. The maximum atomic E-state index is 13.1. The molecule has 3 atom stereocenters. The Morgan fingerprint density at radius 3 is 2.20 bits per heavy atom. The number of carboxylic acid groups (broad SMARTS) is 1. The fourth-order valence-electron chi connectivity index (χ4n) is 5.87. The second-order valence-corrected chi connectivity index (χ2v) is 10.7. The van der Waals surface area contributed by atoms with Crippen molar-refractivity contribution in [2.75, 3.05) is 19.7 Å². The second-order valence-electron chi connectivity index (χ2n) is 10.7. The number of hydrogen-bond acceptors (Lipinski definition) is 5. The number of nitrogens with one attached hydrogen (secondary N) is 2. The number of carbonyl (C=O) groups is 3. The Morgan fingerprint density at radius 2 is 1.55 bits per heavy atom. The fraction of sp³-hybridized carbons (Fsp3) is 0.344. The van der Waals surface area contributed by atoms with Gasteiger partial charge >= 0.3 is 12.1 Å². The van der Waals surface area contributed by atoms with Gasteiger partial charge in [0, 0.05) is 25.0 Å². The second kappa shape index (κ2) is 12.3. The number of nitrogens with zero attached hydrogens (tertiary/aromatic N) is 1. The van der Waals surface area contributed by atoms with E-state index in [1.54, 1.807) is 0 Å². The van der Waals surface area contributed by atoms with E-state index in [2.05, 4.69) is 27.7 Å². The first kappa shape index (κ1) is 27.4. The van der Waals surface area contributed by atoms with Crippen LogP contribution in [0.1, 0.15) is 42.4 Å². The molecule has 3 aromatic carbocycles. The molecule has 0 radical (unpaired) electrons. The van der Waals surface area contributed by atoms with Crippen LogP contribution in [0.2, 0.25) is 0 Å². The molecule has 1 saturated heterocycles. The number of hydrogen-bond donors (Lipinski definition) is 3. The average molecular weight is 542 g/mol. The minimum absolute atomic E-state index is 0.0804. The number of amides is 2. The van der Waals surface area contributed by atoms with E-state index in [0.29, 0.717) is 0 Å². The molecule has 1 fully saturated rings. The SMILES string of the molecule is CC(NC(=O)C(CC(=O)O)NC(=O)OCC1c2ccccc2-c2ccccc21)C1CCN(Cc2ccccc2)C1. The molecule has 1 heterocycles. The smallest absolute Gasteiger partial charge is 0.407 e. The number of likely N-dealkylation sites (tertiary alicyclic amines) is 1. The molecule has 5 rings (SSSR count). The zero-order valence-corrected chi connectivity index (χ0v) is 22.6. The van der Waals surface area contributed by atoms with E-state index in [0.717, 1.165) is 48.3 Å². The predicted octanol–water partition coefficient (Wildman–Crippen LogP) is 4.40. The van der Waals surface area contributed by atoms with Gasteiger partial charge in [0.05, 0.1) is 6.42 Å². The quantitative estimate of drug-likeness (QED) is 0.351. The summed E-state index contributed by atoms with van der Waals surface area (Å²) < 4.78 is 5.55. The lowest BCUT2D eigenvalue weighted by atomic mass is 9.98. The van der Waals surface area contributed by atoms with E-state index >= 15 is 0 Å². The van der Waals surface area contributed by atoms with Gasteiger partial charge in [-0.2, -0.15) is 0 Å².